The molecule has 7 nitrogen and oxygen atoms in total. The fraction of sp³-hybridized carbons (Fsp3) is 0.429. The molecule has 1 N–H and O–H groups in total. The third-order valence-corrected chi connectivity index (χ3v) is 6.07. The minimum absolute atomic E-state index is 0. The van der Waals surface area contributed by atoms with Gasteiger partial charge in [-0.1, -0.05) is 17.7 Å². The highest BCUT2D eigenvalue weighted by molar-refractivity contribution is 6.50. The second-order valence-electron chi connectivity index (χ2n) is 7.73. The Labute approximate surface area is 190 Å². The lowest BCUT2D eigenvalue weighted by Gasteiger charge is -2.35. The fourth-order valence-electron chi connectivity index (χ4n) is 3.97. The molecule has 1 aromatic carbocycles. The molecule has 2 fully saturated rings. The number of fused-ring (bicyclic) bond motifs is 1. The lowest BCUT2D eigenvalue weighted by molar-refractivity contribution is 0.143. The predicted octanol–water partition coefficient (Wildman–Crippen LogP) is 4.31. The average Bonchev–Trinajstić information content (AvgIpc) is 3.54. The van der Waals surface area contributed by atoms with Crippen molar-refractivity contribution in [3.63, 3.8) is 0 Å². The summed E-state index contributed by atoms with van der Waals surface area (Å²) in [6.45, 7) is 4.59. The molecular weight excluding hydrogens is 448 g/mol. The molecule has 1 saturated carbocycles. The molecule has 0 amide bonds. The Balaban J connectivity index is 0.00000272. The molecule has 2 aliphatic rings. The van der Waals surface area contributed by atoms with Crippen LogP contribution >= 0.6 is 24.0 Å². The van der Waals surface area contributed by atoms with E-state index in [9.17, 15) is 9.59 Å². The van der Waals surface area contributed by atoms with Crippen LogP contribution in [0.4, 0.5) is 14.9 Å². The number of piperazine rings is 1. The molecule has 0 radical (unpaired) electrons. The van der Waals surface area contributed by atoms with E-state index in [0.29, 0.717) is 34.9 Å². The molecule has 0 bridgehead atoms. The van der Waals surface area contributed by atoms with E-state index in [1.807, 2.05) is 16.5 Å². The van der Waals surface area contributed by atoms with Gasteiger partial charge in [-0.05, 0) is 32.9 Å². The van der Waals surface area contributed by atoms with Gasteiger partial charge in [0.2, 0.25) is 5.43 Å². The molecule has 1 saturated heterocycles. The molecule has 168 valence electrons. The van der Waals surface area contributed by atoms with Crippen LogP contribution in [0.2, 0.25) is 0 Å². The van der Waals surface area contributed by atoms with Gasteiger partial charge in [-0.15, -0.1) is 12.4 Å². The van der Waals surface area contributed by atoms with E-state index in [-0.39, 0.29) is 29.6 Å². The van der Waals surface area contributed by atoms with Crippen molar-refractivity contribution in [2.24, 2.45) is 0 Å². The van der Waals surface area contributed by atoms with Crippen LogP contribution in [0.1, 0.15) is 31.4 Å². The van der Waals surface area contributed by atoms with Crippen LogP contribution in [0, 0.1) is 5.82 Å². The number of hydrogen-bond acceptors (Lipinski definition) is 5. The van der Waals surface area contributed by atoms with Gasteiger partial charge in [0.15, 0.2) is 5.75 Å². The number of rotatable bonds is 4. The highest BCUT2D eigenvalue weighted by Gasteiger charge is 2.31. The number of nitrogens with zero attached hydrogens (tertiary/aromatic N) is 3. The van der Waals surface area contributed by atoms with Gasteiger partial charge < -0.3 is 24.2 Å². The Morgan fingerprint density at radius 1 is 1.29 bits per heavy atom. The van der Waals surface area contributed by atoms with Crippen molar-refractivity contribution in [2.45, 2.75) is 25.8 Å². The molecule has 0 unspecified atom stereocenters. The van der Waals surface area contributed by atoms with Crippen molar-refractivity contribution in [1.82, 2.24) is 9.47 Å². The first-order chi connectivity index (χ1) is 14.3. The molecule has 1 aliphatic carbocycles. The van der Waals surface area contributed by atoms with Crippen LogP contribution in [-0.2, 0) is 0 Å². The highest BCUT2D eigenvalue weighted by atomic mass is 35.5. The number of ether oxygens (including phenoxy) is 1. The van der Waals surface area contributed by atoms with Gasteiger partial charge in [0, 0.05) is 42.8 Å². The summed E-state index contributed by atoms with van der Waals surface area (Å²) in [7, 11) is 2.02. The number of benzene rings is 1. The topological polar surface area (TPSA) is 75.0 Å². The standard InChI is InChI=1S/C21H23ClFN3O4.ClH/c1-3-14(22)17-18-13(10-15(23)19(17)25-8-6-24(2)7-9-25)20(27)16(30-21(28)29)11-26(18)12-4-5-12;/h3,10-12H,4-9H2,1-2H3,(H,28,29);1H/b14-3+;. The maximum atomic E-state index is 15.4. The summed E-state index contributed by atoms with van der Waals surface area (Å²) in [6.07, 6.45) is 3.25. The van der Waals surface area contributed by atoms with Gasteiger partial charge >= 0.3 is 6.16 Å². The number of carbonyl (C=O) groups is 1. The number of anilines is 1. The smallest absolute Gasteiger partial charge is 0.449 e. The monoisotopic (exact) mass is 471 g/mol. The summed E-state index contributed by atoms with van der Waals surface area (Å²) in [5.74, 6) is -0.898. The molecule has 2 aromatic rings. The first-order valence-electron chi connectivity index (χ1n) is 9.89. The zero-order valence-corrected chi connectivity index (χ0v) is 18.8. The summed E-state index contributed by atoms with van der Waals surface area (Å²) < 4.78 is 21.9. The minimum atomic E-state index is -1.59. The predicted molar refractivity (Wildman–Crippen MR) is 122 cm³/mol. The molecule has 31 heavy (non-hydrogen) atoms. The minimum Gasteiger partial charge on any atom is -0.449 e. The number of pyridine rings is 1. The number of hydrogen-bond donors (Lipinski definition) is 1. The Morgan fingerprint density at radius 2 is 1.94 bits per heavy atom. The van der Waals surface area contributed by atoms with E-state index in [2.05, 4.69) is 4.90 Å². The second-order valence-corrected chi connectivity index (χ2v) is 8.14. The van der Waals surface area contributed by atoms with Crippen molar-refractivity contribution in [3.05, 3.63) is 39.9 Å². The number of halogens is 3. The van der Waals surface area contributed by atoms with Crippen LogP contribution in [-0.4, -0.2) is 54.0 Å². The van der Waals surface area contributed by atoms with Crippen LogP contribution in [0.25, 0.3) is 15.9 Å². The number of allylic oxidation sites excluding steroid dienone is 1. The van der Waals surface area contributed by atoms with E-state index in [1.165, 1.54) is 12.3 Å². The van der Waals surface area contributed by atoms with E-state index < -0.39 is 17.4 Å². The molecule has 0 spiro atoms. The van der Waals surface area contributed by atoms with Crippen molar-refractivity contribution in [1.29, 1.82) is 0 Å². The Hall–Kier alpha value is -2.29. The maximum Gasteiger partial charge on any atom is 0.511 e. The second kappa shape index (κ2) is 9.06. The lowest BCUT2D eigenvalue weighted by atomic mass is 10.0. The Morgan fingerprint density at radius 3 is 2.48 bits per heavy atom. The SMILES string of the molecule is C/C=C(/Cl)c1c(N2CCN(C)CC2)c(F)cc2c(=O)c(OC(=O)O)cn(C3CC3)c12.Cl. The van der Waals surface area contributed by atoms with Gasteiger partial charge in [0.25, 0.3) is 0 Å². The quantitative estimate of drug-likeness (QED) is 0.669. The summed E-state index contributed by atoms with van der Waals surface area (Å²) in [4.78, 5) is 28.1. The summed E-state index contributed by atoms with van der Waals surface area (Å²) in [6, 6.07) is 1.26. The Kier molecular flexibility index (Phi) is 6.83. The van der Waals surface area contributed by atoms with Gasteiger partial charge in [-0.3, -0.25) is 4.79 Å². The first-order valence-corrected chi connectivity index (χ1v) is 10.3. The van der Waals surface area contributed by atoms with E-state index in [4.69, 9.17) is 21.4 Å². The van der Waals surface area contributed by atoms with E-state index in [1.54, 1.807) is 13.0 Å². The van der Waals surface area contributed by atoms with Crippen molar-refractivity contribution >= 4 is 51.8 Å². The molecule has 1 aromatic heterocycles. The van der Waals surface area contributed by atoms with Crippen molar-refractivity contribution in [3.8, 4) is 5.75 Å². The normalized spacial score (nSPS) is 17.5. The van der Waals surface area contributed by atoms with Gasteiger partial charge in [0.1, 0.15) is 5.82 Å². The third kappa shape index (κ3) is 4.37. The average molecular weight is 472 g/mol. The van der Waals surface area contributed by atoms with Gasteiger partial charge in [-0.2, -0.15) is 0 Å². The number of carboxylic acid groups (broad SMARTS) is 1. The van der Waals surface area contributed by atoms with Gasteiger partial charge in [0.05, 0.1) is 22.8 Å². The summed E-state index contributed by atoms with van der Waals surface area (Å²) >= 11 is 6.58. The van der Waals surface area contributed by atoms with E-state index >= 15 is 4.39 Å². The first kappa shape index (κ1) is 23.4. The zero-order valence-electron chi connectivity index (χ0n) is 17.2. The molecule has 0 atom stereocenters. The molecule has 4 rings (SSSR count). The number of likely N-dealkylation sites (N-methyl/N-ethyl adjacent to an activating group) is 1. The molecule has 1 aliphatic heterocycles. The summed E-state index contributed by atoms with van der Waals surface area (Å²) in [5.41, 5.74) is 0.678. The highest BCUT2D eigenvalue weighted by Crippen LogP contribution is 2.43. The fourth-order valence-corrected chi connectivity index (χ4v) is 4.15. The molecular formula is C21H24Cl2FN3O4. The van der Waals surface area contributed by atoms with Crippen LogP contribution in [0.5, 0.6) is 5.75 Å². The zero-order chi connectivity index (χ0) is 21.6. The number of aromatic nitrogens is 1. The van der Waals surface area contributed by atoms with Crippen LogP contribution in [0.3, 0.4) is 0 Å². The maximum absolute atomic E-state index is 15.4. The molecule has 10 heteroatoms. The lowest BCUT2D eigenvalue weighted by Crippen LogP contribution is -2.45. The van der Waals surface area contributed by atoms with Crippen molar-refractivity contribution < 1.29 is 19.0 Å². The largest absolute Gasteiger partial charge is 0.511 e. The van der Waals surface area contributed by atoms with Crippen LogP contribution in [0.15, 0.2) is 23.1 Å². The van der Waals surface area contributed by atoms with Crippen LogP contribution < -0.4 is 15.1 Å². The van der Waals surface area contributed by atoms with Gasteiger partial charge in [-0.25, -0.2) is 9.18 Å². The summed E-state index contributed by atoms with van der Waals surface area (Å²) in [5, 5.41) is 9.40. The Bertz CT molecular complexity index is 1110. The third-order valence-electron chi connectivity index (χ3n) is 5.66. The van der Waals surface area contributed by atoms with E-state index in [0.717, 1.165) is 25.9 Å². The van der Waals surface area contributed by atoms with Crippen molar-refractivity contribution in [2.75, 3.05) is 38.1 Å². The molecule has 2 heterocycles.